The lowest BCUT2D eigenvalue weighted by atomic mass is 10.0. The first-order valence-corrected chi connectivity index (χ1v) is 13.1. The van der Waals surface area contributed by atoms with Crippen LogP contribution in [0, 0.1) is 11.3 Å². The second kappa shape index (κ2) is 11.9. The van der Waals surface area contributed by atoms with Crippen molar-refractivity contribution in [1.29, 1.82) is 5.26 Å². The number of anilines is 3. The third-order valence-electron chi connectivity index (χ3n) is 7.42. The number of amides is 2. The second-order valence-corrected chi connectivity index (χ2v) is 9.83. The van der Waals surface area contributed by atoms with E-state index < -0.39 is 12.3 Å². The van der Waals surface area contributed by atoms with Crippen molar-refractivity contribution < 1.29 is 23.9 Å². The number of hydrogen-bond acceptors (Lipinski definition) is 10. The molecule has 0 spiro atoms. The Morgan fingerprint density at radius 3 is 2.90 bits per heavy atom. The molecule has 0 unspecified atom stereocenters. The summed E-state index contributed by atoms with van der Waals surface area (Å²) in [7, 11) is 1.67. The number of nitrogens with zero attached hydrogens (tertiary/aromatic N) is 6. The van der Waals surface area contributed by atoms with Crippen LogP contribution in [0.4, 0.5) is 22.1 Å². The fourth-order valence-electron chi connectivity index (χ4n) is 5.38. The Hall–Kier alpha value is -3.92. The van der Waals surface area contributed by atoms with Crippen molar-refractivity contribution in [3.8, 4) is 6.07 Å². The molecule has 2 aromatic heterocycles. The van der Waals surface area contributed by atoms with Crippen LogP contribution >= 0.6 is 0 Å². The first kappa shape index (κ1) is 26.7. The van der Waals surface area contributed by atoms with E-state index in [1.807, 2.05) is 11.0 Å². The van der Waals surface area contributed by atoms with Crippen LogP contribution in [0.3, 0.4) is 0 Å². The highest BCUT2D eigenvalue weighted by molar-refractivity contribution is 6.02. The van der Waals surface area contributed by atoms with Crippen molar-refractivity contribution in [3.63, 3.8) is 0 Å². The van der Waals surface area contributed by atoms with Crippen LogP contribution in [0.15, 0.2) is 18.3 Å². The van der Waals surface area contributed by atoms with Gasteiger partial charge in [-0.2, -0.15) is 5.26 Å². The van der Waals surface area contributed by atoms with Gasteiger partial charge in [-0.1, -0.05) is 0 Å². The zero-order valence-electron chi connectivity index (χ0n) is 21.8. The molecule has 0 bridgehead atoms. The van der Waals surface area contributed by atoms with Crippen molar-refractivity contribution >= 4 is 35.9 Å². The van der Waals surface area contributed by atoms with Gasteiger partial charge in [-0.25, -0.2) is 14.8 Å². The lowest BCUT2D eigenvalue weighted by molar-refractivity contribution is -0.140. The van der Waals surface area contributed by atoms with E-state index >= 15 is 0 Å². The lowest BCUT2D eigenvalue weighted by Crippen LogP contribution is -2.43. The molecular formula is C27H31N7O5. The molecule has 0 aromatic carbocycles. The minimum atomic E-state index is -0.651. The van der Waals surface area contributed by atoms with Gasteiger partial charge in [0.25, 0.3) is 0 Å². The second-order valence-electron chi connectivity index (χ2n) is 9.83. The number of ether oxygens (including phenoxy) is 2. The van der Waals surface area contributed by atoms with Crippen LogP contribution in [0.1, 0.15) is 46.4 Å². The Morgan fingerprint density at radius 2 is 2.15 bits per heavy atom. The fraction of sp³-hybridized carbons (Fsp3) is 0.481. The molecule has 2 atom stereocenters. The zero-order valence-corrected chi connectivity index (χ0v) is 21.8. The maximum Gasteiger partial charge on any atom is 0.328 e. The molecule has 3 aliphatic rings. The van der Waals surface area contributed by atoms with Crippen molar-refractivity contribution in [2.24, 2.45) is 0 Å². The lowest BCUT2D eigenvalue weighted by Gasteiger charge is -2.33. The minimum absolute atomic E-state index is 0.0855. The molecular weight excluding hydrogens is 502 g/mol. The van der Waals surface area contributed by atoms with Gasteiger partial charge in [0.15, 0.2) is 18.8 Å². The molecule has 0 aliphatic carbocycles. The number of methoxy groups -OCH3 is 1. The quantitative estimate of drug-likeness (QED) is 0.526. The fourth-order valence-corrected chi connectivity index (χ4v) is 5.38. The molecule has 204 valence electrons. The highest BCUT2D eigenvalue weighted by atomic mass is 16.5. The summed E-state index contributed by atoms with van der Waals surface area (Å²) < 4.78 is 11.0. The molecule has 12 heteroatoms. The first-order valence-electron chi connectivity index (χ1n) is 13.1. The summed E-state index contributed by atoms with van der Waals surface area (Å²) in [6.07, 6.45) is 5.42. The van der Waals surface area contributed by atoms with Crippen LogP contribution in [-0.2, 0) is 27.2 Å². The molecule has 5 rings (SSSR count). The van der Waals surface area contributed by atoms with E-state index in [9.17, 15) is 19.6 Å². The smallest absolute Gasteiger partial charge is 0.328 e. The number of rotatable bonds is 7. The first-order chi connectivity index (χ1) is 19.0. The zero-order chi connectivity index (χ0) is 27.4. The van der Waals surface area contributed by atoms with Gasteiger partial charge in [0.2, 0.25) is 0 Å². The number of hydrogen-bond donors (Lipinski definition) is 1. The average molecular weight is 534 g/mol. The van der Waals surface area contributed by atoms with E-state index in [0.29, 0.717) is 73.9 Å². The number of fused-ring (bicyclic) bond motifs is 1. The summed E-state index contributed by atoms with van der Waals surface area (Å²) in [4.78, 5) is 51.1. The summed E-state index contributed by atoms with van der Waals surface area (Å²) in [6.45, 7) is 3.37. The average Bonchev–Trinajstić information content (AvgIpc) is 3.46. The Morgan fingerprint density at radius 1 is 1.28 bits per heavy atom. The van der Waals surface area contributed by atoms with Crippen LogP contribution < -0.4 is 15.1 Å². The van der Waals surface area contributed by atoms with Crippen LogP contribution in [0.5, 0.6) is 0 Å². The number of aldehydes is 2. The van der Waals surface area contributed by atoms with E-state index in [1.165, 1.54) is 11.1 Å². The standard InChI is InChI=1S/C27H31N7O5/c1-38-21-5-8-32(15-21)23-11-24(29-13-20(23)12-28)31-27(37)34-7-2-4-18-10-19(22(16-35)30-26(18)34)14-33-6-3-9-39-25(33)17-36/h10-11,13,16-17,21,25H,2-9,14-15H2,1H3,(H,29,31,37)/t21-,25-/m0/s1. The van der Waals surface area contributed by atoms with Gasteiger partial charge >= 0.3 is 6.03 Å². The highest BCUT2D eigenvalue weighted by Crippen LogP contribution is 2.30. The molecule has 39 heavy (non-hydrogen) atoms. The summed E-state index contributed by atoms with van der Waals surface area (Å²) in [5.74, 6) is 0.752. The van der Waals surface area contributed by atoms with Crippen LogP contribution in [0.25, 0.3) is 0 Å². The van der Waals surface area contributed by atoms with Gasteiger partial charge in [-0.3, -0.25) is 24.7 Å². The maximum absolute atomic E-state index is 13.4. The Labute approximate surface area is 226 Å². The molecule has 2 saturated heterocycles. The molecule has 0 saturated carbocycles. The highest BCUT2D eigenvalue weighted by Gasteiger charge is 2.29. The van der Waals surface area contributed by atoms with E-state index in [-0.39, 0.29) is 11.8 Å². The van der Waals surface area contributed by atoms with Gasteiger partial charge in [0, 0.05) is 52.1 Å². The van der Waals surface area contributed by atoms with Crippen LogP contribution in [0.2, 0.25) is 0 Å². The predicted molar refractivity (Wildman–Crippen MR) is 142 cm³/mol. The number of nitrogens with one attached hydrogen (secondary N) is 1. The van der Waals surface area contributed by atoms with Crippen molar-refractivity contribution in [1.82, 2.24) is 14.9 Å². The monoisotopic (exact) mass is 533 g/mol. The predicted octanol–water partition coefficient (Wildman–Crippen LogP) is 2.12. The topological polar surface area (TPSA) is 141 Å². The van der Waals surface area contributed by atoms with Gasteiger partial charge < -0.3 is 14.4 Å². The van der Waals surface area contributed by atoms with Gasteiger partial charge in [0.1, 0.15) is 23.4 Å². The molecule has 1 N–H and O–H groups in total. The van der Waals surface area contributed by atoms with E-state index in [1.54, 1.807) is 13.2 Å². The maximum atomic E-state index is 13.4. The normalized spacial score (nSPS) is 21.2. The Balaban J connectivity index is 1.36. The minimum Gasteiger partial charge on any atom is -0.380 e. The summed E-state index contributed by atoms with van der Waals surface area (Å²) >= 11 is 0. The molecule has 2 fully saturated rings. The molecule has 3 aliphatic heterocycles. The number of carbonyl (C=O) groups is 3. The van der Waals surface area contributed by atoms with Gasteiger partial charge in [0.05, 0.1) is 24.0 Å². The third-order valence-corrected chi connectivity index (χ3v) is 7.42. The van der Waals surface area contributed by atoms with Gasteiger partial charge in [-0.15, -0.1) is 0 Å². The van der Waals surface area contributed by atoms with Crippen molar-refractivity contribution in [3.05, 3.63) is 40.7 Å². The molecule has 12 nitrogen and oxygen atoms in total. The number of carbonyl (C=O) groups excluding carboxylic acids is 3. The molecule has 0 radical (unpaired) electrons. The van der Waals surface area contributed by atoms with Crippen molar-refractivity contribution in [2.45, 2.75) is 44.6 Å². The number of aryl methyl sites for hydroxylation is 1. The molecule has 2 aromatic rings. The molecule has 2 amide bonds. The number of urea groups is 1. The molecule has 5 heterocycles. The number of aromatic nitrogens is 2. The van der Waals surface area contributed by atoms with E-state index in [2.05, 4.69) is 26.3 Å². The Kier molecular flexibility index (Phi) is 8.11. The number of pyridine rings is 2. The summed E-state index contributed by atoms with van der Waals surface area (Å²) in [6, 6.07) is 5.36. The van der Waals surface area contributed by atoms with Crippen molar-refractivity contribution in [2.75, 3.05) is 55.0 Å². The van der Waals surface area contributed by atoms with E-state index in [0.717, 1.165) is 37.7 Å². The third kappa shape index (κ3) is 5.61. The summed E-state index contributed by atoms with van der Waals surface area (Å²) in [5.41, 5.74) is 2.90. The Bertz CT molecular complexity index is 1300. The summed E-state index contributed by atoms with van der Waals surface area (Å²) in [5, 5.41) is 12.4. The SMILES string of the molecule is CO[C@H]1CCN(c2cc(NC(=O)N3CCCc4cc(CN5CCCO[C@H]5C=O)c(C=O)nc43)ncc2C#N)C1. The van der Waals surface area contributed by atoms with Gasteiger partial charge in [-0.05, 0) is 42.9 Å². The van der Waals surface area contributed by atoms with E-state index in [4.69, 9.17) is 9.47 Å². The largest absolute Gasteiger partial charge is 0.380 e. The van der Waals surface area contributed by atoms with Crippen LogP contribution in [-0.4, -0.2) is 85.7 Å². The number of nitriles is 1.